The third kappa shape index (κ3) is 2.37. The van der Waals surface area contributed by atoms with Crippen molar-refractivity contribution in [2.45, 2.75) is 6.18 Å². The number of aryl methyl sites for hydroxylation is 1. The largest absolute Gasteiger partial charge is 0.477 e. The van der Waals surface area contributed by atoms with E-state index in [1.54, 1.807) is 11.6 Å². The maximum Gasteiger partial charge on any atom is 0.416 e. The number of halogens is 3. The minimum Gasteiger partial charge on any atom is -0.477 e. The summed E-state index contributed by atoms with van der Waals surface area (Å²) in [7, 11) is 1.62. The number of hydrogen-bond donors (Lipinski definition) is 1. The molecule has 3 heterocycles. The molecule has 0 radical (unpaired) electrons. The molecule has 0 unspecified atom stereocenters. The van der Waals surface area contributed by atoms with E-state index < -0.39 is 17.7 Å². The number of fused-ring (bicyclic) bond motifs is 3. The van der Waals surface area contributed by atoms with Gasteiger partial charge in [0.1, 0.15) is 15.2 Å². The van der Waals surface area contributed by atoms with Crippen LogP contribution in [0.15, 0.2) is 30.3 Å². The van der Waals surface area contributed by atoms with Crippen LogP contribution >= 0.6 is 11.3 Å². The van der Waals surface area contributed by atoms with Crippen molar-refractivity contribution >= 4 is 38.7 Å². The number of carboxylic acids is 1. The van der Waals surface area contributed by atoms with Crippen LogP contribution in [0, 0.1) is 0 Å². The van der Waals surface area contributed by atoms with Gasteiger partial charge in [-0.3, -0.25) is 4.57 Å². The second-order valence-electron chi connectivity index (χ2n) is 5.38. The molecule has 0 aliphatic rings. The van der Waals surface area contributed by atoms with Gasteiger partial charge in [0.2, 0.25) is 0 Å². The SMILES string of the molecule is Cn1nc2c3cc(C(=O)O)sc3n(-c3ccc(C(F)(F)F)cc3)c2n1. The number of carboxylic acid groups (broad SMARTS) is 1. The Labute approximate surface area is 141 Å². The van der Waals surface area contributed by atoms with Crippen LogP contribution in [0.25, 0.3) is 27.1 Å². The average molecular weight is 366 g/mol. The van der Waals surface area contributed by atoms with Crippen LogP contribution < -0.4 is 0 Å². The quantitative estimate of drug-likeness (QED) is 0.587. The van der Waals surface area contributed by atoms with Gasteiger partial charge in [0.25, 0.3) is 0 Å². The lowest BCUT2D eigenvalue weighted by atomic mass is 10.2. The molecule has 6 nitrogen and oxygen atoms in total. The highest BCUT2D eigenvalue weighted by atomic mass is 32.1. The van der Waals surface area contributed by atoms with E-state index >= 15 is 0 Å². The van der Waals surface area contributed by atoms with E-state index in [9.17, 15) is 23.1 Å². The van der Waals surface area contributed by atoms with Gasteiger partial charge in [-0.2, -0.15) is 23.1 Å². The number of nitrogens with zero attached hydrogens (tertiary/aromatic N) is 4. The maximum absolute atomic E-state index is 12.8. The van der Waals surface area contributed by atoms with Crippen molar-refractivity contribution in [3.8, 4) is 5.69 Å². The Balaban J connectivity index is 1.99. The molecule has 128 valence electrons. The predicted octanol–water partition coefficient (Wildman–Crippen LogP) is 3.69. The summed E-state index contributed by atoms with van der Waals surface area (Å²) in [6, 6.07) is 6.12. The molecular formula is C15H9F3N4O2S. The van der Waals surface area contributed by atoms with E-state index in [1.165, 1.54) is 23.0 Å². The number of thiophene rings is 1. The first-order chi connectivity index (χ1) is 11.8. The molecular weight excluding hydrogens is 357 g/mol. The number of rotatable bonds is 2. The Bertz CT molecular complexity index is 1120. The number of carbonyl (C=O) groups is 1. The van der Waals surface area contributed by atoms with Gasteiger partial charge in [-0.25, -0.2) is 4.79 Å². The molecule has 1 N–H and O–H groups in total. The van der Waals surface area contributed by atoms with Crippen molar-refractivity contribution in [2.75, 3.05) is 0 Å². The normalized spacial score (nSPS) is 12.3. The van der Waals surface area contributed by atoms with E-state index in [2.05, 4.69) is 10.2 Å². The van der Waals surface area contributed by atoms with Crippen LogP contribution in [0.3, 0.4) is 0 Å². The zero-order valence-electron chi connectivity index (χ0n) is 12.6. The minimum absolute atomic E-state index is 0.123. The van der Waals surface area contributed by atoms with Crippen molar-refractivity contribution in [3.05, 3.63) is 40.8 Å². The Morgan fingerprint density at radius 2 is 1.88 bits per heavy atom. The third-order valence-corrected chi connectivity index (χ3v) is 4.85. The molecule has 4 rings (SSSR count). The molecule has 4 aromatic rings. The smallest absolute Gasteiger partial charge is 0.416 e. The van der Waals surface area contributed by atoms with Gasteiger partial charge < -0.3 is 5.11 Å². The van der Waals surface area contributed by atoms with Crippen molar-refractivity contribution in [3.63, 3.8) is 0 Å². The molecule has 1 aromatic carbocycles. The van der Waals surface area contributed by atoms with Crippen LogP contribution in [-0.2, 0) is 13.2 Å². The zero-order valence-corrected chi connectivity index (χ0v) is 13.4. The van der Waals surface area contributed by atoms with E-state index in [1.807, 2.05) is 0 Å². The predicted molar refractivity (Wildman–Crippen MR) is 85.2 cm³/mol. The van der Waals surface area contributed by atoms with Crippen molar-refractivity contribution in [1.82, 2.24) is 19.6 Å². The summed E-state index contributed by atoms with van der Waals surface area (Å²) in [5.74, 6) is -1.07. The van der Waals surface area contributed by atoms with E-state index in [-0.39, 0.29) is 4.88 Å². The second kappa shape index (κ2) is 5.06. The second-order valence-corrected chi connectivity index (χ2v) is 6.41. The molecule has 3 aromatic heterocycles. The molecule has 0 aliphatic heterocycles. The topological polar surface area (TPSA) is 72.9 Å². The Hall–Kier alpha value is -2.88. The number of benzene rings is 1. The first-order valence-corrected chi connectivity index (χ1v) is 7.83. The fourth-order valence-electron chi connectivity index (χ4n) is 2.68. The highest BCUT2D eigenvalue weighted by Crippen LogP contribution is 2.36. The summed E-state index contributed by atoms with van der Waals surface area (Å²) < 4.78 is 39.9. The molecule has 0 fully saturated rings. The fourth-order valence-corrected chi connectivity index (χ4v) is 3.70. The van der Waals surface area contributed by atoms with Gasteiger partial charge in [-0.05, 0) is 30.3 Å². The summed E-state index contributed by atoms with van der Waals surface area (Å²) in [6.07, 6.45) is -4.42. The Kier molecular flexibility index (Phi) is 3.16. The first-order valence-electron chi connectivity index (χ1n) is 7.02. The molecule has 0 saturated heterocycles. The highest BCUT2D eigenvalue weighted by Gasteiger charge is 2.30. The number of hydrogen-bond acceptors (Lipinski definition) is 4. The zero-order chi connectivity index (χ0) is 17.9. The average Bonchev–Trinajstić information content (AvgIpc) is 3.16. The summed E-state index contributed by atoms with van der Waals surface area (Å²) in [5, 5.41) is 18.3. The highest BCUT2D eigenvalue weighted by molar-refractivity contribution is 7.20. The van der Waals surface area contributed by atoms with Gasteiger partial charge in [0.15, 0.2) is 5.65 Å². The fraction of sp³-hybridized carbons (Fsp3) is 0.133. The number of aromatic nitrogens is 4. The summed E-state index contributed by atoms with van der Waals surface area (Å²) in [4.78, 5) is 13.3. The van der Waals surface area contributed by atoms with Gasteiger partial charge in [-0.15, -0.1) is 16.4 Å². The van der Waals surface area contributed by atoms with Crippen molar-refractivity contribution in [2.24, 2.45) is 7.05 Å². The van der Waals surface area contributed by atoms with Gasteiger partial charge in [-0.1, -0.05) is 0 Å². The van der Waals surface area contributed by atoms with Crippen molar-refractivity contribution < 1.29 is 23.1 Å². The summed E-state index contributed by atoms with van der Waals surface area (Å²) in [6.45, 7) is 0. The third-order valence-electron chi connectivity index (χ3n) is 3.74. The minimum atomic E-state index is -4.42. The maximum atomic E-state index is 12.8. The van der Waals surface area contributed by atoms with E-state index in [0.29, 0.717) is 27.1 Å². The molecule has 0 amide bonds. The molecule has 25 heavy (non-hydrogen) atoms. The first kappa shape index (κ1) is 15.6. The van der Waals surface area contributed by atoms with Crippen LogP contribution in [0.1, 0.15) is 15.2 Å². The van der Waals surface area contributed by atoms with Gasteiger partial charge >= 0.3 is 12.1 Å². The molecule has 10 heteroatoms. The van der Waals surface area contributed by atoms with Crippen LogP contribution in [0.5, 0.6) is 0 Å². The monoisotopic (exact) mass is 366 g/mol. The van der Waals surface area contributed by atoms with Gasteiger partial charge in [0.05, 0.1) is 5.56 Å². The molecule has 0 spiro atoms. The Morgan fingerprint density at radius 1 is 1.20 bits per heavy atom. The van der Waals surface area contributed by atoms with Crippen LogP contribution in [-0.4, -0.2) is 30.6 Å². The van der Waals surface area contributed by atoms with Crippen molar-refractivity contribution in [1.29, 1.82) is 0 Å². The lowest BCUT2D eigenvalue weighted by Crippen LogP contribution is -2.05. The van der Waals surface area contributed by atoms with E-state index in [4.69, 9.17) is 0 Å². The Morgan fingerprint density at radius 3 is 2.48 bits per heavy atom. The summed E-state index contributed by atoms with van der Waals surface area (Å²) in [5.41, 5.74) is 0.654. The van der Waals surface area contributed by atoms with Crippen LogP contribution in [0.4, 0.5) is 13.2 Å². The lowest BCUT2D eigenvalue weighted by molar-refractivity contribution is -0.137. The molecule has 0 aliphatic carbocycles. The lowest BCUT2D eigenvalue weighted by Gasteiger charge is -2.09. The number of alkyl halides is 3. The molecule has 0 saturated carbocycles. The van der Waals surface area contributed by atoms with E-state index in [0.717, 1.165) is 23.5 Å². The molecule has 0 bridgehead atoms. The molecule has 0 atom stereocenters. The number of aromatic carboxylic acids is 1. The standard InChI is InChI=1S/C15H9F3N4O2S/c1-21-19-11-9-6-10(14(23)24)25-13(9)22(12(11)20-21)8-4-2-7(3-5-8)15(16,17)18/h2-6H,1H3,(H,23,24). The van der Waals surface area contributed by atoms with Gasteiger partial charge in [0, 0.05) is 18.1 Å². The summed E-state index contributed by atoms with van der Waals surface area (Å²) >= 11 is 1.02. The van der Waals surface area contributed by atoms with Crippen LogP contribution in [0.2, 0.25) is 0 Å².